The zero-order valence-electron chi connectivity index (χ0n) is 9.54. The third-order valence-electron chi connectivity index (χ3n) is 3.84. The van der Waals surface area contributed by atoms with E-state index >= 15 is 0 Å². The first-order chi connectivity index (χ1) is 7.02. The van der Waals surface area contributed by atoms with Gasteiger partial charge in [-0.15, -0.1) is 0 Å². The number of amides is 1. The molecule has 3 nitrogen and oxygen atoms in total. The first-order valence-corrected chi connectivity index (χ1v) is 5.54. The van der Waals surface area contributed by atoms with E-state index in [1.807, 2.05) is 4.90 Å². The summed E-state index contributed by atoms with van der Waals surface area (Å²) in [5.74, 6) is 0.659. The van der Waals surface area contributed by atoms with Gasteiger partial charge in [-0.2, -0.15) is 0 Å². The van der Waals surface area contributed by atoms with Crippen LogP contribution in [0.5, 0.6) is 0 Å². The predicted octanol–water partition coefficient (Wildman–Crippen LogP) is 1.53. The Morgan fingerprint density at radius 2 is 1.87 bits per heavy atom. The molecular formula is C12H17NO2. The highest BCUT2D eigenvalue weighted by Gasteiger charge is 2.39. The smallest absolute Gasteiger partial charge is 0.250 e. The maximum Gasteiger partial charge on any atom is 0.250 e. The molecule has 2 atom stereocenters. The van der Waals surface area contributed by atoms with Crippen molar-refractivity contribution in [2.24, 2.45) is 5.92 Å². The number of carbonyl (C=O) groups is 2. The van der Waals surface area contributed by atoms with E-state index in [1.165, 1.54) is 0 Å². The number of rotatable bonds is 0. The summed E-state index contributed by atoms with van der Waals surface area (Å²) in [5.41, 5.74) is 1.29. The van der Waals surface area contributed by atoms with E-state index in [9.17, 15) is 9.59 Å². The Morgan fingerprint density at radius 1 is 1.20 bits per heavy atom. The molecule has 0 N–H and O–H groups in total. The van der Waals surface area contributed by atoms with Crippen LogP contribution in [0.1, 0.15) is 33.6 Å². The Morgan fingerprint density at radius 3 is 2.53 bits per heavy atom. The van der Waals surface area contributed by atoms with Gasteiger partial charge in [0.05, 0.1) is 0 Å². The van der Waals surface area contributed by atoms with Crippen LogP contribution in [-0.2, 0) is 9.59 Å². The second kappa shape index (κ2) is 3.47. The summed E-state index contributed by atoms with van der Waals surface area (Å²) in [6.45, 7) is 6.47. The summed E-state index contributed by atoms with van der Waals surface area (Å²) >= 11 is 0. The van der Waals surface area contributed by atoms with E-state index in [4.69, 9.17) is 0 Å². The zero-order valence-corrected chi connectivity index (χ0v) is 9.54. The third-order valence-corrected chi connectivity index (χ3v) is 3.84. The third kappa shape index (κ3) is 1.50. The Hall–Kier alpha value is -1.12. The molecule has 0 radical (unpaired) electrons. The second-order valence-corrected chi connectivity index (χ2v) is 4.71. The molecule has 0 bridgehead atoms. The lowest BCUT2D eigenvalue weighted by atomic mass is 9.96. The van der Waals surface area contributed by atoms with E-state index in [1.54, 1.807) is 13.8 Å². The second-order valence-electron chi connectivity index (χ2n) is 4.71. The van der Waals surface area contributed by atoms with Crippen molar-refractivity contribution < 1.29 is 9.59 Å². The number of hydrogen-bond acceptors (Lipinski definition) is 2. The van der Waals surface area contributed by atoms with Crippen LogP contribution in [0, 0.1) is 5.92 Å². The molecule has 2 aliphatic rings. The monoisotopic (exact) mass is 207 g/mol. The Kier molecular flexibility index (Phi) is 2.41. The fourth-order valence-electron chi connectivity index (χ4n) is 2.50. The minimum absolute atomic E-state index is 0.0627. The largest absolute Gasteiger partial charge is 0.335 e. The fourth-order valence-corrected chi connectivity index (χ4v) is 2.50. The molecule has 2 rings (SSSR count). The lowest BCUT2D eigenvalue weighted by Gasteiger charge is -2.24. The zero-order chi connectivity index (χ0) is 11.2. The number of fused-ring (bicyclic) bond motifs is 1. The molecule has 15 heavy (non-hydrogen) atoms. The van der Waals surface area contributed by atoms with Crippen molar-refractivity contribution in [2.75, 3.05) is 6.54 Å². The highest BCUT2D eigenvalue weighted by Crippen LogP contribution is 2.31. The van der Waals surface area contributed by atoms with Gasteiger partial charge in [-0.05, 0) is 26.2 Å². The number of carbonyl (C=O) groups excluding carboxylic acids is 2. The van der Waals surface area contributed by atoms with E-state index in [-0.39, 0.29) is 17.7 Å². The molecule has 2 aliphatic heterocycles. The van der Waals surface area contributed by atoms with Gasteiger partial charge in [-0.3, -0.25) is 9.59 Å². The number of nitrogens with zero attached hydrogens (tertiary/aromatic N) is 1. The maximum absolute atomic E-state index is 12.0. The number of allylic oxidation sites excluding steroid dienone is 1. The van der Waals surface area contributed by atoms with Gasteiger partial charge in [0.25, 0.3) is 0 Å². The molecule has 2 heterocycles. The van der Waals surface area contributed by atoms with Gasteiger partial charge in [-0.1, -0.05) is 6.92 Å². The quantitative estimate of drug-likeness (QED) is 0.604. The molecule has 0 aliphatic carbocycles. The van der Waals surface area contributed by atoms with Crippen molar-refractivity contribution in [3.8, 4) is 0 Å². The highest BCUT2D eigenvalue weighted by molar-refractivity contribution is 6.07. The van der Waals surface area contributed by atoms with Gasteiger partial charge in [0.1, 0.15) is 0 Å². The maximum atomic E-state index is 12.0. The van der Waals surface area contributed by atoms with Crippen LogP contribution in [0.2, 0.25) is 0 Å². The van der Waals surface area contributed by atoms with E-state index in [2.05, 4.69) is 6.92 Å². The van der Waals surface area contributed by atoms with Crippen LogP contribution in [0.4, 0.5) is 0 Å². The molecule has 1 saturated heterocycles. The lowest BCUT2D eigenvalue weighted by Crippen LogP contribution is -2.37. The van der Waals surface area contributed by atoms with Crippen molar-refractivity contribution in [1.82, 2.24) is 4.90 Å². The molecule has 0 unspecified atom stereocenters. The molecule has 3 heteroatoms. The summed E-state index contributed by atoms with van der Waals surface area (Å²) in [7, 11) is 0. The first kappa shape index (κ1) is 10.4. The number of hydrogen-bond donors (Lipinski definition) is 0. The van der Waals surface area contributed by atoms with Crippen LogP contribution in [0.25, 0.3) is 0 Å². The van der Waals surface area contributed by atoms with Crippen LogP contribution in [0.15, 0.2) is 11.1 Å². The van der Waals surface area contributed by atoms with Gasteiger partial charge in [-0.25, -0.2) is 0 Å². The van der Waals surface area contributed by atoms with Gasteiger partial charge >= 0.3 is 0 Å². The Labute approximate surface area is 90.1 Å². The SMILES string of the molecule is CC1=C(C)C(=O)N2CC[C@@H](C)[C@@H]2CC1=O. The molecule has 1 amide bonds. The molecular weight excluding hydrogens is 190 g/mol. The van der Waals surface area contributed by atoms with E-state index in [0.717, 1.165) is 13.0 Å². The average molecular weight is 207 g/mol. The minimum atomic E-state index is 0.0627. The number of Topliss-reactive ketones (excluding diaryl/α,β-unsaturated/α-hetero) is 1. The Bertz CT molecular complexity index is 357. The Balaban J connectivity index is 2.39. The van der Waals surface area contributed by atoms with Gasteiger partial charge in [0.15, 0.2) is 5.78 Å². The molecule has 0 aromatic carbocycles. The van der Waals surface area contributed by atoms with Crippen molar-refractivity contribution in [2.45, 2.75) is 39.7 Å². The van der Waals surface area contributed by atoms with E-state index in [0.29, 0.717) is 23.5 Å². The molecule has 0 spiro atoms. The van der Waals surface area contributed by atoms with Crippen molar-refractivity contribution in [3.63, 3.8) is 0 Å². The highest BCUT2D eigenvalue weighted by atomic mass is 16.2. The van der Waals surface area contributed by atoms with E-state index < -0.39 is 0 Å². The average Bonchev–Trinajstić information content (AvgIpc) is 2.54. The summed E-state index contributed by atoms with van der Waals surface area (Å²) in [6.07, 6.45) is 1.53. The van der Waals surface area contributed by atoms with Crippen molar-refractivity contribution in [1.29, 1.82) is 0 Å². The normalized spacial score (nSPS) is 32.1. The lowest BCUT2D eigenvalue weighted by molar-refractivity contribution is -0.128. The van der Waals surface area contributed by atoms with Crippen molar-refractivity contribution in [3.05, 3.63) is 11.1 Å². The number of ketones is 1. The molecule has 0 aromatic rings. The summed E-state index contributed by atoms with van der Waals surface area (Å²) in [4.78, 5) is 25.7. The minimum Gasteiger partial charge on any atom is -0.335 e. The topological polar surface area (TPSA) is 37.4 Å². The van der Waals surface area contributed by atoms with Gasteiger partial charge in [0.2, 0.25) is 5.91 Å². The predicted molar refractivity (Wildman–Crippen MR) is 57.3 cm³/mol. The summed E-state index contributed by atoms with van der Waals surface area (Å²) in [5, 5.41) is 0. The summed E-state index contributed by atoms with van der Waals surface area (Å²) < 4.78 is 0. The molecule has 1 fully saturated rings. The van der Waals surface area contributed by atoms with Crippen LogP contribution in [-0.4, -0.2) is 29.2 Å². The standard InChI is InChI=1S/C12H17NO2/c1-7-4-5-13-10(7)6-11(14)8(2)9(3)12(13)15/h7,10H,4-6H2,1-3H3/t7-,10+/m1/s1. The van der Waals surface area contributed by atoms with Crippen molar-refractivity contribution >= 4 is 11.7 Å². The molecule has 82 valence electrons. The molecule has 0 saturated carbocycles. The van der Waals surface area contributed by atoms with Crippen LogP contribution in [0.3, 0.4) is 0 Å². The molecule has 0 aromatic heterocycles. The summed E-state index contributed by atoms with van der Waals surface area (Å²) in [6, 6.07) is 0.136. The first-order valence-electron chi connectivity index (χ1n) is 5.54. The fraction of sp³-hybridized carbons (Fsp3) is 0.667. The van der Waals surface area contributed by atoms with Crippen LogP contribution >= 0.6 is 0 Å². The van der Waals surface area contributed by atoms with Gasteiger partial charge in [0, 0.05) is 30.2 Å². The van der Waals surface area contributed by atoms with Crippen LogP contribution < -0.4 is 0 Å². The van der Waals surface area contributed by atoms with Gasteiger partial charge < -0.3 is 4.90 Å².